The van der Waals surface area contributed by atoms with Gasteiger partial charge in [0.1, 0.15) is 29.1 Å². The average molecular weight is 430 g/mol. The molecule has 4 rings (SSSR count). The Kier molecular flexibility index (Phi) is 5.78. The molecular weight excluding hydrogens is 413 g/mol. The molecule has 3 aromatic rings. The van der Waals surface area contributed by atoms with Crippen LogP contribution < -0.4 is 0 Å². The third-order valence-electron chi connectivity index (χ3n) is 4.46. The minimum absolute atomic E-state index is 0.0992. The van der Waals surface area contributed by atoms with Crippen LogP contribution >= 0.6 is 23.2 Å². The molecule has 0 spiro atoms. The highest BCUT2D eigenvalue weighted by Crippen LogP contribution is 2.37. The lowest BCUT2D eigenvalue weighted by Crippen LogP contribution is -2.10. The van der Waals surface area contributed by atoms with Crippen LogP contribution in [0.2, 0.25) is 10.3 Å². The number of ether oxygens (including phenoxy) is 2. The normalized spacial score (nSPS) is 16.2. The van der Waals surface area contributed by atoms with Crippen LogP contribution in [0.15, 0.2) is 60.6 Å². The maximum Gasteiger partial charge on any atom is 0.151 e. The minimum atomic E-state index is -0.0992. The van der Waals surface area contributed by atoms with Gasteiger partial charge in [0.2, 0.25) is 0 Å². The number of imidazole rings is 1. The molecule has 1 N–H and O–H groups in total. The molecule has 0 saturated heterocycles. The van der Waals surface area contributed by atoms with Gasteiger partial charge < -0.3 is 14.5 Å². The van der Waals surface area contributed by atoms with Crippen molar-refractivity contribution in [3.8, 4) is 11.4 Å². The predicted octanol–water partition coefficient (Wildman–Crippen LogP) is 4.69. The Morgan fingerprint density at radius 1 is 1.17 bits per heavy atom. The second kappa shape index (κ2) is 8.63. The van der Waals surface area contributed by atoms with Crippen molar-refractivity contribution >= 4 is 23.2 Å². The lowest BCUT2D eigenvalue weighted by Gasteiger charge is -2.22. The predicted molar refractivity (Wildman–Crippen MR) is 109 cm³/mol. The molecule has 148 valence electrons. The summed E-state index contributed by atoms with van der Waals surface area (Å²) in [6.07, 6.45) is 11.1. The van der Waals surface area contributed by atoms with Crippen molar-refractivity contribution < 1.29 is 9.47 Å². The smallest absolute Gasteiger partial charge is 0.151 e. The second-order valence-corrected chi connectivity index (χ2v) is 7.04. The highest BCUT2D eigenvalue weighted by molar-refractivity contribution is 6.30. The number of rotatable bonds is 6. The van der Waals surface area contributed by atoms with Gasteiger partial charge in [0.15, 0.2) is 5.15 Å². The molecule has 3 heterocycles. The molecule has 0 fully saturated rings. The quantitative estimate of drug-likeness (QED) is 0.572. The summed E-state index contributed by atoms with van der Waals surface area (Å²) < 4.78 is 11.4. The molecule has 0 bridgehead atoms. The summed E-state index contributed by atoms with van der Waals surface area (Å²) in [5.74, 6) is 1.96. The van der Waals surface area contributed by atoms with Gasteiger partial charge in [-0.1, -0.05) is 23.2 Å². The first-order valence-corrected chi connectivity index (χ1v) is 9.60. The van der Waals surface area contributed by atoms with E-state index in [0.717, 1.165) is 22.7 Å². The summed E-state index contributed by atoms with van der Waals surface area (Å²) in [6, 6.07) is 3.54. The number of allylic oxidation sites excluding steroid dienone is 3. The van der Waals surface area contributed by atoms with E-state index in [4.69, 9.17) is 32.7 Å². The van der Waals surface area contributed by atoms with Gasteiger partial charge in [-0.2, -0.15) is 0 Å². The van der Waals surface area contributed by atoms with Crippen LogP contribution in [0.25, 0.3) is 11.4 Å². The number of hydrogen-bond acceptors (Lipinski definition) is 6. The summed E-state index contributed by atoms with van der Waals surface area (Å²) in [4.78, 5) is 20.0. The molecule has 1 aliphatic rings. The Morgan fingerprint density at radius 3 is 2.79 bits per heavy atom. The molecule has 0 amide bonds. The third-order valence-corrected chi connectivity index (χ3v) is 4.97. The largest absolute Gasteiger partial charge is 0.500 e. The number of halogens is 2. The molecule has 0 aromatic carbocycles. The van der Waals surface area contributed by atoms with Gasteiger partial charge in [-0.05, 0) is 24.6 Å². The van der Waals surface area contributed by atoms with Gasteiger partial charge in [-0.15, -0.1) is 0 Å². The van der Waals surface area contributed by atoms with Crippen LogP contribution in [0.5, 0.6) is 0 Å². The lowest BCUT2D eigenvalue weighted by molar-refractivity contribution is 0.194. The van der Waals surface area contributed by atoms with Crippen molar-refractivity contribution in [3.63, 3.8) is 0 Å². The van der Waals surface area contributed by atoms with Gasteiger partial charge in [-0.3, -0.25) is 9.97 Å². The summed E-state index contributed by atoms with van der Waals surface area (Å²) in [7, 11) is 1.62. The molecule has 1 atom stereocenters. The van der Waals surface area contributed by atoms with E-state index in [-0.39, 0.29) is 5.92 Å². The van der Waals surface area contributed by atoms with E-state index in [1.54, 1.807) is 38.0 Å². The standard InChI is InChI=1S/C20H17Cl2N5O2/c1-28-16-8-14(29-11-13-10-23-6-7-24-13)3-4-15(16)18-19(22)27-20(26-18)12-2-5-17(21)25-9-12/h2-3,5-10,15H,4,11H2,1H3,(H,26,27). The van der Waals surface area contributed by atoms with Crippen LogP contribution in [0.4, 0.5) is 0 Å². The van der Waals surface area contributed by atoms with Crippen LogP contribution in [0, 0.1) is 0 Å². The fourth-order valence-electron chi connectivity index (χ4n) is 3.02. The Bertz CT molecular complexity index is 1050. The van der Waals surface area contributed by atoms with Crippen LogP contribution in [-0.4, -0.2) is 32.0 Å². The maximum absolute atomic E-state index is 6.42. The molecule has 9 heteroatoms. The summed E-state index contributed by atoms with van der Waals surface area (Å²) in [5.41, 5.74) is 2.32. The molecule has 1 aliphatic carbocycles. The van der Waals surface area contributed by atoms with Crippen molar-refractivity contribution in [3.05, 3.63) is 82.3 Å². The van der Waals surface area contributed by atoms with Gasteiger partial charge >= 0.3 is 0 Å². The van der Waals surface area contributed by atoms with Crippen molar-refractivity contribution in [1.82, 2.24) is 24.9 Å². The number of nitrogens with zero attached hydrogens (tertiary/aromatic N) is 4. The number of aromatic nitrogens is 5. The molecule has 29 heavy (non-hydrogen) atoms. The molecule has 0 aliphatic heterocycles. The van der Waals surface area contributed by atoms with Gasteiger partial charge in [-0.25, -0.2) is 9.97 Å². The lowest BCUT2D eigenvalue weighted by atomic mass is 9.94. The maximum atomic E-state index is 6.42. The molecule has 0 saturated carbocycles. The van der Waals surface area contributed by atoms with Gasteiger partial charge in [0.05, 0.1) is 30.6 Å². The first kappa shape index (κ1) is 19.4. The van der Waals surface area contributed by atoms with E-state index in [1.807, 2.05) is 18.2 Å². The summed E-state index contributed by atoms with van der Waals surface area (Å²) >= 11 is 12.3. The molecule has 1 unspecified atom stereocenters. The first-order valence-electron chi connectivity index (χ1n) is 8.85. The Hall–Kier alpha value is -2.90. The van der Waals surface area contributed by atoms with Crippen LogP contribution in [0.1, 0.15) is 23.7 Å². The minimum Gasteiger partial charge on any atom is -0.500 e. The van der Waals surface area contributed by atoms with E-state index in [9.17, 15) is 0 Å². The van der Waals surface area contributed by atoms with Gasteiger partial charge in [0.25, 0.3) is 0 Å². The van der Waals surface area contributed by atoms with Crippen molar-refractivity contribution in [1.29, 1.82) is 0 Å². The Balaban J connectivity index is 1.52. The van der Waals surface area contributed by atoms with E-state index in [1.165, 1.54) is 0 Å². The molecular formula is C20H17Cl2N5O2. The average Bonchev–Trinajstić information content (AvgIpc) is 3.14. The van der Waals surface area contributed by atoms with E-state index in [0.29, 0.717) is 34.9 Å². The fraction of sp³-hybridized carbons (Fsp3) is 0.200. The Labute approximate surface area is 177 Å². The monoisotopic (exact) mass is 429 g/mol. The highest BCUT2D eigenvalue weighted by Gasteiger charge is 2.26. The van der Waals surface area contributed by atoms with Crippen LogP contribution in [-0.2, 0) is 16.1 Å². The van der Waals surface area contributed by atoms with E-state index in [2.05, 4.69) is 24.9 Å². The number of pyridine rings is 1. The number of nitrogens with one attached hydrogen (secondary N) is 1. The molecule has 0 radical (unpaired) electrons. The first-order chi connectivity index (χ1) is 14.1. The zero-order valence-corrected chi connectivity index (χ0v) is 17.0. The zero-order valence-electron chi connectivity index (χ0n) is 15.5. The fourth-order valence-corrected chi connectivity index (χ4v) is 3.40. The SMILES string of the molecule is COC1=CC(OCc2cnccn2)=CCC1c1[nH]c(-c2ccc(Cl)nc2)nc1Cl. The second-order valence-electron chi connectivity index (χ2n) is 6.29. The number of aromatic amines is 1. The number of H-pyrrole nitrogens is 1. The molecule has 7 nitrogen and oxygen atoms in total. The van der Waals surface area contributed by atoms with Crippen molar-refractivity contribution in [2.75, 3.05) is 7.11 Å². The Morgan fingerprint density at radius 2 is 2.07 bits per heavy atom. The highest BCUT2D eigenvalue weighted by atomic mass is 35.5. The number of hydrogen-bond donors (Lipinski definition) is 1. The summed E-state index contributed by atoms with van der Waals surface area (Å²) in [6.45, 7) is 0.330. The zero-order chi connectivity index (χ0) is 20.2. The summed E-state index contributed by atoms with van der Waals surface area (Å²) in [5, 5.41) is 0.808. The van der Waals surface area contributed by atoms with Crippen LogP contribution in [0.3, 0.4) is 0 Å². The topological polar surface area (TPSA) is 85.8 Å². The van der Waals surface area contributed by atoms with Gasteiger partial charge in [0, 0.05) is 30.2 Å². The van der Waals surface area contributed by atoms with E-state index < -0.39 is 0 Å². The third kappa shape index (κ3) is 4.41. The molecule has 3 aromatic heterocycles. The van der Waals surface area contributed by atoms with E-state index >= 15 is 0 Å². The number of methoxy groups -OCH3 is 1. The van der Waals surface area contributed by atoms with Crippen molar-refractivity contribution in [2.45, 2.75) is 18.9 Å². The van der Waals surface area contributed by atoms with Crippen molar-refractivity contribution in [2.24, 2.45) is 0 Å².